The lowest BCUT2D eigenvalue weighted by atomic mass is 10.1. The second-order valence-electron chi connectivity index (χ2n) is 7.57. The zero-order chi connectivity index (χ0) is 25.8. The normalized spacial score (nSPS) is 14.6. The first-order chi connectivity index (χ1) is 17.3. The van der Waals surface area contributed by atoms with Gasteiger partial charge in [-0.05, 0) is 70.0 Å². The Morgan fingerprint density at radius 3 is 2.39 bits per heavy atom. The second kappa shape index (κ2) is 10.6. The number of nitrogens with one attached hydrogen (secondary N) is 1. The lowest BCUT2D eigenvalue weighted by molar-refractivity contribution is -0.122. The van der Waals surface area contributed by atoms with E-state index in [9.17, 15) is 18.8 Å². The Morgan fingerprint density at radius 1 is 1.00 bits per heavy atom. The van der Waals surface area contributed by atoms with E-state index in [1.807, 2.05) is 0 Å². The molecule has 4 amide bonds. The predicted octanol–water partition coefficient (Wildman–Crippen LogP) is 4.85. The van der Waals surface area contributed by atoms with E-state index in [1.165, 1.54) is 38.5 Å². The van der Waals surface area contributed by atoms with Crippen molar-refractivity contribution >= 4 is 45.5 Å². The molecule has 1 aliphatic heterocycles. The highest BCUT2D eigenvalue weighted by Gasteiger charge is 2.37. The van der Waals surface area contributed by atoms with Gasteiger partial charge in [0.2, 0.25) is 0 Å². The summed E-state index contributed by atoms with van der Waals surface area (Å²) in [7, 11) is 2.92. The summed E-state index contributed by atoms with van der Waals surface area (Å²) in [4.78, 5) is 39.0. The van der Waals surface area contributed by atoms with Gasteiger partial charge >= 0.3 is 6.03 Å². The molecule has 1 aliphatic rings. The van der Waals surface area contributed by atoms with E-state index in [1.54, 1.807) is 42.5 Å². The number of benzene rings is 3. The number of hydrogen-bond acceptors (Lipinski definition) is 6. The largest absolute Gasteiger partial charge is 0.497 e. The molecule has 10 heteroatoms. The molecule has 0 saturated carbocycles. The summed E-state index contributed by atoms with van der Waals surface area (Å²) in [6.45, 7) is -0.0398. The van der Waals surface area contributed by atoms with Crippen molar-refractivity contribution in [3.8, 4) is 17.2 Å². The van der Waals surface area contributed by atoms with Gasteiger partial charge in [0.1, 0.15) is 23.7 Å². The monoisotopic (exact) mass is 554 g/mol. The van der Waals surface area contributed by atoms with Gasteiger partial charge in [-0.3, -0.25) is 14.9 Å². The lowest BCUT2D eigenvalue weighted by Crippen LogP contribution is -2.54. The van der Waals surface area contributed by atoms with E-state index < -0.39 is 23.7 Å². The maximum absolute atomic E-state index is 14.0. The highest BCUT2D eigenvalue weighted by atomic mass is 79.9. The zero-order valence-electron chi connectivity index (χ0n) is 19.2. The molecule has 1 heterocycles. The molecule has 36 heavy (non-hydrogen) atoms. The number of carbonyl (C=O) groups excluding carboxylic acids is 3. The molecule has 0 unspecified atom stereocenters. The van der Waals surface area contributed by atoms with Crippen LogP contribution in [0.1, 0.15) is 11.1 Å². The first-order valence-corrected chi connectivity index (χ1v) is 11.4. The van der Waals surface area contributed by atoms with Crippen LogP contribution in [0, 0.1) is 5.82 Å². The van der Waals surface area contributed by atoms with Gasteiger partial charge in [-0.25, -0.2) is 14.1 Å². The quantitative estimate of drug-likeness (QED) is 0.331. The summed E-state index contributed by atoms with van der Waals surface area (Å²) in [5, 5.41) is 2.18. The summed E-state index contributed by atoms with van der Waals surface area (Å²) in [6, 6.07) is 14.8. The van der Waals surface area contributed by atoms with E-state index in [-0.39, 0.29) is 17.9 Å². The minimum atomic E-state index is -0.858. The van der Waals surface area contributed by atoms with E-state index in [4.69, 9.17) is 14.2 Å². The van der Waals surface area contributed by atoms with E-state index >= 15 is 0 Å². The molecule has 1 N–H and O–H groups in total. The van der Waals surface area contributed by atoms with Crippen LogP contribution in [0.15, 0.2) is 70.7 Å². The lowest BCUT2D eigenvalue weighted by Gasteiger charge is -2.26. The van der Waals surface area contributed by atoms with Crippen LogP contribution in [-0.4, -0.2) is 32.1 Å². The van der Waals surface area contributed by atoms with Crippen molar-refractivity contribution in [3.63, 3.8) is 0 Å². The number of barbiturate groups is 1. The summed E-state index contributed by atoms with van der Waals surface area (Å²) < 4.78 is 30.7. The van der Waals surface area contributed by atoms with Crippen LogP contribution in [-0.2, 0) is 16.2 Å². The molecule has 1 fully saturated rings. The Bertz CT molecular complexity index is 1370. The summed E-state index contributed by atoms with van der Waals surface area (Å²) in [6.07, 6.45) is 1.34. The molecule has 0 atom stereocenters. The Kier molecular flexibility index (Phi) is 7.35. The first kappa shape index (κ1) is 24.9. The highest BCUT2D eigenvalue weighted by Crippen LogP contribution is 2.38. The molecule has 0 aromatic heterocycles. The van der Waals surface area contributed by atoms with Gasteiger partial charge in [0, 0.05) is 5.56 Å². The third-order valence-corrected chi connectivity index (χ3v) is 5.91. The Labute approximate surface area is 214 Å². The van der Waals surface area contributed by atoms with Crippen molar-refractivity contribution in [3.05, 3.63) is 87.7 Å². The zero-order valence-corrected chi connectivity index (χ0v) is 20.8. The van der Waals surface area contributed by atoms with Crippen LogP contribution in [0.5, 0.6) is 17.2 Å². The minimum Gasteiger partial charge on any atom is -0.497 e. The number of ether oxygens (including phenoxy) is 3. The average molecular weight is 555 g/mol. The first-order valence-electron chi connectivity index (χ1n) is 10.6. The number of hydrogen-bond donors (Lipinski definition) is 1. The number of nitrogens with zero attached hydrogens (tertiary/aromatic N) is 1. The van der Waals surface area contributed by atoms with Crippen LogP contribution >= 0.6 is 15.9 Å². The Hall–Kier alpha value is -4.18. The predicted molar refractivity (Wildman–Crippen MR) is 133 cm³/mol. The fraction of sp³-hybridized carbons (Fsp3) is 0.115. The van der Waals surface area contributed by atoms with Gasteiger partial charge < -0.3 is 14.2 Å². The van der Waals surface area contributed by atoms with Crippen LogP contribution in [0.25, 0.3) is 6.08 Å². The number of carbonyl (C=O) groups is 3. The van der Waals surface area contributed by atoms with Crippen LogP contribution in [0.2, 0.25) is 0 Å². The molecule has 8 nitrogen and oxygen atoms in total. The van der Waals surface area contributed by atoms with Crippen LogP contribution in [0.4, 0.5) is 14.9 Å². The topological polar surface area (TPSA) is 94.2 Å². The number of methoxy groups -OCH3 is 2. The highest BCUT2D eigenvalue weighted by molar-refractivity contribution is 9.10. The number of amides is 4. The molecule has 1 saturated heterocycles. The van der Waals surface area contributed by atoms with Gasteiger partial charge in [-0.2, -0.15) is 0 Å². The number of imide groups is 2. The molecule has 4 rings (SSSR count). The number of urea groups is 1. The fourth-order valence-corrected chi connectivity index (χ4v) is 4.09. The SMILES string of the molecule is COc1ccc(N2C(=O)NC(=O)/C(=C\c3cc(Br)c(OCc4ccccc4F)c(OC)c3)C2=O)cc1. The van der Waals surface area contributed by atoms with Gasteiger partial charge in [0.05, 0.1) is 24.4 Å². The number of anilines is 1. The van der Waals surface area contributed by atoms with E-state index in [2.05, 4.69) is 21.2 Å². The van der Waals surface area contributed by atoms with Crippen molar-refractivity contribution in [2.45, 2.75) is 6.61 Å². The van der Waals surface area contributed by atoms with Gasteiger partial charge in [0.25, 0.3) is 11.8 Å². The van der Waals surface area contributed by atoms with Crippen molar-refractivity contribution in [1.29, 1.82) is 0 Å². The van der Waals surface area contributed by atoms with Crippen molar-refractivity contribution in [2.24, 2.45) is 0 Å². The molecule has 0 spiro atoms. The van der Waals surface area contributed by atoms with E-state index in [0.717, 1.165) is 4.90 Å². The van der Waals surface area contributed by atoms with Crippen molar-refractivity contribution in [2.75, 3.05) is 19.1 Å². The minimum absolute atomic E-state index is 0.0398. The summed E-state index contributed by atoms with van der Waals surface area (Å²) >= 11 is 3.41. The third kappa shape index (κ3) is 5.08. The molecule has 0 bridgehead atoms. The summed E-state index contributed by atoms with van der Waals surface area (Å²) in [5.74, 6) is -0.860. The van der Waals surface area contributed by atoms with Gasteiger partial charge in [-0.1, -0.05) is 18.2 Å². The van der Waals surface area contributed by atoms with Crippen LogP contribution in [0.3, 0.4) is 0 Å². The fourth-order valence-electron chi connectivity index (χ4n) is 3.52. The average Bonchev–Trinajstić information content (AvgIpc) is 2.86. The molecule has 3 aromatic carbocycles. The smallest absolute Gasteiger partial charge is 0.335 e. The third-order valence-electron chi connectivity index (χ3n) is 5.32. The number of halogens is 2. The molecular formula is C26H20BrFN2O6. The maximum Gasteiger partial charge on any atom is 0.335 e. The summed E-state index contributed by atoms with van der Waals surface area (Å²) in [5.41, 5.74) is 0.816. The molecule has 0 radical (unpaired) electrons. The van der Waals surface area contributed by atoms with Gasteiger partial charge in [-0.15, -0.1) is 0 Å². The molecule has 184 valence electrons. The van der Waals surface area contributed by atoms with E-state index in [0.29, 0.717) is 32.8 Å². The Morgan fingerprint density at radius 2 is 1.72 bits per heavy atom. The van der Waals surface area contributed by atoms with Crippen molar-refractivity contribution in [1.82, 2.24) is 5.32 Å². The number of rotatable bonds is 7. The molecule has 3 aromatic rings. The van der Waals surface area contributed by atoms with Crippen molar-refractivity contribution < 1.29 is 33.0 Å². The van der Waals surface area contributed by atoms with Gasteiger partial charge in [0.15, 0.2) is 11.5 Å². The van der Waals surface area contributed by atoms with Crippen LogP contribution < -0.4 is 24.4 Å². The standard InChI is InChI=1S/C26H20BrFN2O6/c1-34-18-9-7-17(8-10-18)30-25(32)19(24(31)29-26(30)33)11-15-12-20(27)23(22(13-15)35-2)36-14-16-5-3-4-6-21(16)28/h3-13H,14H2,1-2H3,(H,29,31,33)/b19-11+. The molecule has 0 aliphatic carbocycles. The second-order valence-corrected chi connectivity index (χ2v) is 8.42. The maximum atomic E-state index is 14.0. The Balaban J connectivity index is 1.64. The molecular weight excluding hydrogens is 535 g/mol.